The molecule has 1 fully saturated rings. The van der Waals surface area contributed by atoms with Gasteiger partial charge in [-0.25, -0.2) is 14.4 Å². The van der Waals surface area contributed by atoms with Crippen LogP contribution in [0.5, 0.6) is 5.75 Å². The molecule has 1 saturated heterocycles. The summed E-state index contributed by atoms with van der Waals surface area (Å²) in [5.74, 6) is 0.0706. The number of carbonyl (C=O) groups is 1. The number of fused-ring (bicyclic) bond motifs is 1. The number of nitrogens with one attached hydrogen (secondary N) is 2. The third-order valence-electron chi connectivity index (χ3n) is 6.03. The quantitative estimate of drug-likeness (QED) is 0.363. The van der Waals surface area contributed by atoms with Gasteiger partial charge < -0.3 is 20.8 Å². The first-order valence-corrected chi connectivity index (χ1v) is 11.9. The van der Waals surface area contributed by atoms with Gasteiger partial charge in [0.05, 0.1) is 16.0 Å². The maximum Gasteiger partial charge on any atom is 0.259 e. The van der Waals surface area contributed by atoms with Crippen LogP contribution in [-0.2, 0) is 6.54 Å². The van der Waals surface area contributed by atoms with E-state index >= 15 is 0 Å². The molecule has 0 unspecified atom stereocenters. The maximum absolute atomic E-state index is 14.1. The molecular formula is C24H25FN6O2S. The van der Waals surface area contributed by atoms with Crippen molar-refractivity contribution in [2.24, 2.45) is 5.73 Å². The second-order valence-corrected chi connectivity index (χ2v) is 9.38. The molecule has 4 heterocycles. The highest BCUT2D eigenvalue weighted by Crippen LogP contribution is 2.37. The smallest absolute Gasteiger partial charge is 0.259 e. The Hall–Kier alpha value is -3.50. The number of halogens is 1. The molecule has 0 aliphatic carbocycles. The lowest BCUT2D eigenvalue weighted by molar-refractivity contribution is 0.0965. The van der Waals surface area contributed by atoms with Crippen molar-refractivity contribution in [1.29, 1.82) is 0 Å². The fourth-order valence-electron chi connectivity index (χ4n) is 4.30. The Bertz CT molecular complexity index is 1310. The number of hydrogen-bond donors (Lipinski definition) is 3. The second-order valence-electron chi connectivity index (χ2n) is 8.38. The number of piperidine rings is 1. The van der Waals surface area contributed by atoms with Gasteiger partial charge in [-0.2, -0.15) is 0 Å². The topological polar surface area (TPSA) is 109 Å². The van der Waals surface area contributed by atoms with Crippen molar-refractivity contribution < 1.29 is 13.9 Å². The van der Waals surface area contributed by atoms with Gasteiger partial charge in [0, 0.05) is 37.6 Å². The number of amides is 1. The van der Waals surface area contributed by atoms with Crippen LogP contribution in [0.3, 0.4) is 0 Å². The monoisotopic (exact) mass is 480 g/mol. The zero-order valence-corrected chi connectivity index (χ0v) is 19.5. The number of ether oxygens (including phenoxy) is 1. The Morgan fingerprint density at radius 1 is 1.32 bits per heavy atom. The molecule has 5 rings (SSSR count). The van der Waals surface area contributed by atoms with E-state index in [1.807, 2.05) is 19.2 Å². The van der Waals surface area contributed by atoms with E-state index in [2.05, 4.69) is 31.2 Å². The van der Waals surface area contributed by atoms with E-state index < -0.39 is 5.91 Å². The average Bonchev–Trinajstić information content (AvgIpc) is 3.45. The second kappa shape index (κ2) is 9.40. The van der Waals surface area contributed by atoms with E-state index in [9.17, 15) is 9.18 Å². The molecule has 0 saturated carbocycles. The lowest BCUT2D eigenvalue weighted by Gasteiger charge is -2.32. The molecule has 1 aromatic carbocycles. The minimum atomic E-state index is -0.500. The Morgan fingerprint density at radius 2 is 2.15 bits per heavy atom. The van der Waals surface area contributed by atoms with Crippen LogP contribution in [0.15, 0.2) is 42.9 Å². The third kappa shape index (κ3) is 4.59. The Kier molecular flexibility index (Phi) is 6.16. The van der Waals surface area contributed by atoms with Crippen molar-refractivity contribution in [2.45, 2.75) is 32.4 Å². The van der Waals surface area contributed by atoms with Crippen LogP contribution in [0, 0.1) is 12.7 Å². The van der Waals surface area contributed by atoms with Crippen molar-refractivity contribution in [1.82, 2.24) is 19.9 Å². The first-order valence-electron chi connectivity index (χ1n) is 11.1. The minimum absolute atomic E-state index is 0.0167. The standard InChI is InChI=1S/C24H25FN6O2S/c1-14-20-23(28-13-29-24(20)34-21(14)22(26)32)30-18-5-4-15(25)11-19(18)33-17-6-9-31(10-7-17)12-16-3-2-8-27-16/h2-5,8,11,13,17,27H,6-7,9-10,12H2,1H3,(H2,26,32)(H,28,29,30). The number of anilines is 2. The van der Waals surface area contributed by atoms with Crippen molar-refractivity contribution in [3.05, 3.63) is 64.8 Å². The predicted octanol–water partition coefficient (Wildman–Crippen LogP) is 4.35. The first-order chi connectivity index (χ1) is 16.5. The number of nitrogens with zero attached hydrogens (tertiary/aromatic N) is 3. The highest BCUT2D eigenvalue weighted by molar-refractivity contribution is 7.20. The van der Waals surface area contributed by atoms with Crippen LogP contribution >= 0.6 is 11.3 Å². The lowest BCUT2D eigenvalue weighted by Crippen LogP contribution is -2.37. The van der Waals surface area contributed by atoms with Crippen LogP contribution in [-0.4, -0.2) is 45.0 Å². The molecule has 10 heteroatoms. The van der Waals surface area contributed by atoms with Gasteiger partial charge in [0.25, 0.3) is 5.91 Å². The molecule has 1 amide bonds. The highest BCUT2D eigenvalue weighted by Gasteiger charge is 2.23. The fraction of sp³-hybridized carbons (Fsp3) is 0.292. The number of benzene rings is 1. The zero-order valence-electron chi connectivity index (χ0n) is 18.7. The molecule has 0 radical (unpaired) electrons. The SMILES string of the molecule is Cc1c(C(N)=O)sc2ncnc(Nc3ccc(F)cc3OC3CCN(Cc4ccc[nH]4)CC3)c12. The van der Waals surface area contributed by atoms with Gasteiger partial charge in [0.2, 0.25) is 0 Å². The van der Waals surface area contributed by atoms with E-state index in [1.54, 1.807) is 6.07 Å². The van der Waals surface area contributed by atoms with Crippen molar-refractivity contribution in [2.75, 3.05) is 18.4 Å². The summed E-state index contributed by atoms with van der Waals surface area (Å²) in [6, 6.07) is 8.49. The summed E-state index contributed by atoms with van der Waals surface area (Å²) >= 11 is 1.23. The van der Waals surface area contributed by atoms with Gasteiger partial charge in [-0.15, -0.1) is 11.3 Å². The number of aryl methyl sites for hydroxylation is 1. The summed E-state index contributed by atoms with van der Waals surface area (Å²) in [6.45, 7) is 4.50. The number of thiophene rings is 1. The van der Waals surface area contributed by atoms with E-state index in [-0.39, 0.29) is 11.9 Å². The third-order valence-corrected chi connectivity index (χ3v) is 7.25. The number of aromatic nitrogens is 3. The summed E-state index contributed by atoms with van der Waals surface area (Å²) in [4.78, 5) is 27.1. The van der Waals surface area contributed by atoms with Gasteiger partial charge in [-0.1, -0.05) is 0 Å². The summed E-state index contributed by atoms with van der Waals surface area (Å²) in [6.07, 6.45) is 5.04. The lowest BCUT2D eigenvalue weighted by atomic mass is 10.1. The largest absolute Gasteiger partial charge is 0.488 e. The summed E-state index contributed by atoms with van der Waals surface area (Å²) in [7, 11) is 0. The Morgan fingerprint density at radius 3 is 2.88 bits per heavy atom. The van der Waals surface area contributed by atoms with Crippen LogP contribution in [0.4, 0.5) is 15.9 Å². The summed E-state index contributed by atoms with van der Waals surface area (Å²) in [5.41, 5.74) is 8.02. The normalized spacial score (nSPS) is 15.0. The van der Waals surface area contributed by atoms with E-state index in [1.165, 1.54) is 35.5 Å². The van der Waals surface area contributed by atoms with Gasteiger partial charge in [-0.3, -0.25) is 9.69 Å². The van der Waals surface area contributed by atoms with Crippen LogP contribution < -0.4 is 15.8 Å². The predicted molar refractivity (Wildman–Crippen MR) is 130 cm³/mol. The average molecular weight is 481 g/mol. The molecule has 0 spiro atoms. The maximum atomic E-state index is 14.1. The van der Waals surface area contributed by atoms with Crippen molar-refractivity contribution in [3.8, 4) is 5.75 Å². The molecule has 176 valence electrons. The van der Waals surface area contributed by atoms with Crippen LogP contribution in [0.2, 0.25) is 0 Å². The van der Waals surface area contributed by atoms with Crippen molar-refractivity contribution >= 4 is 39.0 Å². The fourth-order valence-corrected chi connectivity index (χ4v) is 5.30. The molecular weight excluding hydrogens is 455 g/mol. The van der Waals surface area contributed by atoms with Crippen LogP contribution in [0.25, 0.3) is 10.2 Å². The van der Waals surface area contributed by atoms with E-state index in [0.717, 1.165) is 38.0 Å². The minimum Gasteiger partial charge on any atom is -0.488 e. The molecule has 4 N–H and O–H groups in total. The molecule has 0 bridgehead atoms. The van der Waals surface area contributed by atoms with Gasteiger partial charge >= 0.3 is 0 Å². The number of aromatic amines is 1. The Labute approximate surface area is 200 Å². The molecule has 8 nitrogen and oxygen atoms in total. The van der Waals surface area contributed by atoms with E-state index in [0.29, 0.717) is 32.3 Å². The van der Waals surface area contributed by atoms with E-state index in [4.69, 9.17) is 10.5 Å². The van der Waals surface area contributed by atoms with Crippen LogP contribution in [0.1, 0.15) is 33.8 Å². The first kappa shape index (κ1) is 22.3. The number of hydrogen-bond acceptors (Lipinski definition) is 7. The summed E-state index contributed by atoms with van der Waals surface area (Å²) < 4.78 is 20.4. The molecule has 34 heavy (non-hydrogen) atoms. The number of nitrogens with two attached hydrogens (primary N) is 1. The number of likely N-dealkylation sites (tertiary alicyclic amines) is 1. The Balaban J connectivity index is 1.34. The molecule has 1 aliphatic heterocycles. The van der Waals surface area contributed by atoms with Gasteiger partial charge in [0.15, 0.2) is 0 Å². The summed E-state index contributed by atoms with van der Waals surface area (Å²) in [5, 5.41) is 3.98. The molecule has 0 atom stereocenters. The number of carbonyl (C=O) groups excluding carboxylic acids is 1. The molecule has 3 aromatic heterocycles. The highest BCUT2D eigenvalue weighted by atomic mass is 32.1. The number of rotatable bonds is 7. The number of primary amides is 1. The van der Waals surface area contributed by atoms with Gasteiger partial charge in [0.1, 0.15) is 34.6 Å². The van der Waals surface area contributed by atoms with Gasteiger partial charge in [-0.05, 0) is 49.6 Å². The zero-order chi connectivity index (χ0) is 23.7. The number of H-pyrrole nitrogens is 1. The molecule has 1 aliphatic rings. The van der Waals surface area contributed by atoms with Crippen molar-refractivity contribution in [3.63, 3.8) is 0 Å². The molecule has 4 aromatic rings.